The quantitative estimate of drug-likeness (QED) is 0.690. The topological polar surface area (TPSA) is 70.3 Å². The summed E-state index contributed by atoms with van der Waals surface area (Å²) in [5, 5.41) is 3.20. The average Bonchev–Trinajstić information content (AvgIpc) is 2.75. The maximum Gasteiger partial charge on any atom is 0.157 e. The van der Waals surface area contributed by atoms with Crippen LogP contribution >= 0.6 is 0 Å². The lowest BCUT2D eigenvalue weighted by Crippen LogP contribution is -2.47. The molecule has 0 radical (unpaired) electrons. The van der Waals surface area contributed by atoms with Crippen molar-refractivity contribution in [2.75, 3.05) is 47.0 Å². The molecular formula is C21H22F2N6. The number of nitrogens with zero attached hydrogens (tertiary/aromatic N) is 4. The highest BCUT2D eigenvalue weighted by molar-refractivity contribution is 5.75. The molecular weight excluding hydrogens is 374 g/mol. The highest BCUT2D eigenvalue weighted by atomic mass is 19.1. The number of hydrogen-bond acceptors (Lipinski definition) is 6. The van der Waals surface area contributed by atoms with Crippen molar-refractivity contribution in [2.24, 2.45) is 0 Å². The van der Waals surface area contributed by atoms with E-state index in [2.05, 4.69) is 25.1 Å². The number of nitrogens with one attached hydrogen (secondary N) is 1. The second-order valence-corrected chi connectivity index (χ2v) is 6.89. The molecule has 0 bridgehead atoms. The van der Waals surface area contributed by atoms with Gasteiger partial charge in [0.05, 0.1) is 0 Å². The molecule has 0 spiro atoms. The maximum absolute atomic E-state index is 13.1. The van der Waals surface area contributed by atoms with Crippen molar-refractivity contribution < 1.29 is 8.78 Å². The van der Waals surface area contributed by atoms with Crippen LogP contribution in [0.1, 0.15) is 5.56 Å². The normalized spacial score (nSPS) is 14.1. The zero-order valence-corrected chi connectivity index (χ0v) is 15.9. The Hall–Kier alpha value is -3.42. The lowest BCUT2D eigenvalue weighted by atomic mass is 10.2. The van der Waals surface area contributed by atoms with Gasteiger partial charge in [0.25, 0.3) is 0 Å². The molecule has 1 aliphatic heterocycles. The summed E-state index contributed by atoms with van der Waals surface area (Å²) in [4.78, 5) is 12.9. The minimum absolute atomic E-state index is 0.234. The van der Waals surface area contributed by atoms with Crippen LogP contribution in [0.15, 0.2) is 54.9 Å². The van der Waals surface area contributed by atoms with Crippen LogP contribution in [-0.2, 0) is 6.54 Å². The number of aromatic nitrogens is 2. The van der Waals surface area contributed by atoms with Gasteiger partial charge in [-0.15, -0.1) is 0 Å². The molecule has 2 heterocycles. The Morgan fingerprint density at radius 3 is 2.07 bits per heavy atom. The summed E-state index contributed by atoms with van der Waals surface area (Å²) in [7, 11) is 0. The zero-order valence-electron chi connectivity index (χ0n) is 15.9. The van der Waals surface area contributed by atoms with Crippen molar-refractivity contribution >= 4 is 23.0 Å². The van der Waals surface area contributed by atoms with Crippen molar-refractivity contribution in [3.8, 4) is 0 Å². The first-order valence-electron chi connectivity index (χ1n) is 9.44. The molecule has 6 nitrogen and oxygen atoms in total. The second-order valence-electron chi connectivity index (χ2n) is 6.89. The van der Waals surface area contributed by atoms with Crippen LogP contribution in [0.5, 0.6) is 0 Å². The van der Waals surface area contributed by atoms with Gasteiger partial charge in [0.2, 0.25) is 0 Å². The monoisotopic (exact) mass is 396 g/mol. The third kappa shape index (κ3) is 4.37. The van der Waals surface area contributed by atoms with E-state index in [1.54, 1.807) is 24.3 Å². The summed E-state index contributed by atoms with van der Waals surface area (Å²) in [6.45, 7) is 3.55. The van der Waals surface area contributed by atoms with E-state index in [4.69, 9.17) is 5.73 Å². The number of anilines is 4. The van der Waals surface area contributed by atoms with Crippen LogP contribution < -0.4 is 20.9 Å². The van der Waals surface area contributed by atoms with Crippen molar-refractivity contribution in [3.05, 3.63) is 72.1 Å². The molecule has 1 aromatic heterocycles. The Labute approximate surface area is 168 Å². The molecule has 4 rings (SSSR count). The second kappa shape index (κ2) is 8.30. The summed E-state index contributed by atoms with van der Waals surface area (Å²) in [6.07, 6.45) is 1.49. The molecule has 1 fully saturated rings. The van der Waals surface area contributed by atoms with Crippen LogP contribution in [0.4, 0.5) is 31.8 Å². The lowest BCUT2D eigenvalue weighted by molar-refractivity contribution is 0.624. The minimum atomic E-state index is -0.266. The minimum Gasteiger partial charge on any atom is -0.393 e. The fraction of sp³-hybridized carbons (Fsp3) is 0.238. The summed E-state index contributed by atoms with van der Waals surface area (Å²) < 4.78 is 26.2. The van der Waals surface area contributed by atoms with Crippen LogP contribution in [0, 0.1) is 11.6 Å². The number of nitrogen functional groups attached to an aromatic ring is 1. The molecule has 0 saturated carbocycles. The van der Waals surface area contributed by atoms with E-state index in [1.807, 2.05) is 0 Å². The molecule has 0 amide bonds. The number of halogens is 2. The molecule has 0 atom stereocenters. The van der Waals surface area contributed by atoms with Crippen LogP contribution in [0.25, 0.3) is 0 Å². The van der Waals surface area contributed by atoms with Gasteiger partial charge in [-0.05, 0) is 42.0 Å². The van der Waals surface area contributed by atoms with Gasteiger partial charge in [0.1, 0.15) is 23.6 Å². The smallest absolute Gasteiger partial charge is 0.157 e. The zero-order chi connectivity index (χ0) is 20.2. The van der Waals surface area contributed by atoms with E-state index in [-0.39, 0.29) is 11.6 Å². The summed E-state index contributed by atoms with van der Waals surface area (Å²) in [5.41, 5.74) is 8.74. The first-order chi connectivity index (χ1) is 14.1. The third-order valence-corrected chi connectivity index (χ3v) is 5.01. The third-order valence-electron chi connectivity index (χ3n) is 5.01. The summed E-state index contributed by atoms with van der Waals surface area (Å²) >= 11 is 0. The van der Waals surface area contributed by atoms with E-state index in [0.717, 1.165) is 37.4 Å². The fourth-order valence-electron chi connectivity index (χ4n) is 3.40. The van der Waals surface area contributed by atoms with Crippen molar-refractivity contribution in [3.63, 3.8) is 0 Å². The van der Waals surface area contributed by atoms with E-state index >= 15 is 0 Å². The van der Waals surface area contributed by atoms with Gasteiger partial charge in [-0.3, -0.25) is 0 Å². The first-order valence-corrected chi connectivity index (χ1v) is 9.44. The van der Waals surface area contributed by atoms with Crippen molar-refractivity contribution in [2.45, 2.75) is 6.54 Å². The van der Waals surface area contributed by atoms with Gasteiger partial charge in [0.15, 0.2) is 11.6 Å². The van der Waals surface area contributed by atoms with Gasteiger partial charge in [-0.2, -0.15) is 0 Å². The first kappa shape index (κ1) is 18.9. The molecule has 29 heavy (non-hydrogen) atoms. The van der Waals surface area contributed by atoms with Crippen LogP contribution in [0.2, 0.25) is 0 Å². The van der Waals surface area contributed by atoms with Crippen LogP contribution in [0.3, 0.4) is 0 Å². The predicted octanol–water partition coefficient (Wildman–Crippen LogP) is 3.28. The van der Waals surface area contributed by atoms with E-state index in [0.29, 0.717) is 23.9 Å². The highest BCUT2D eigenvalue weighted by Crippen LogP contribution is 2.28. The average molecular weight is 396 g/mol. The van der Waals surface area contributed by atoms with Gasteiger partial charge >= 0.3 is 0 Å². The number of piperazine rings is 1. The van der Waals surface area contributed by atoms with Crippen molar-refractivity contribution in [1.82, 2.24) is 9.97 Å². The molecule has 3 aromatic rings. The number of rotatable bonds is 5. The number of benzene rings is 2. The van der Waals surface area contributed by atoms with Gasteiger partial charge in [-0.1, -0.05) is 12.1 Å². The van der Waals surface area contributed by atoms with Gasteiger partial charge in [0, 0.05) is 38.4 Å². The maximum atomic E-state index is 13.1. The standard InChI is InChI=1S/C21H22F2N6/c22-16-3-1-15(2-4-16)13-25-20-19(24)21(27-14-26-20)29-11-9-28(10-12-29)18-7-5-17(23)6-8-18/h1-8,14H,9-13,24H2,(H,25,26,27). The lowest BCUT2D eigenvalue weighted by Gasteiger charge is -2.37. The Bertz CT molecular complexity index is 954. The molecule has 0 aliphatic carbocycles. The molecule has 150 valence electrons. The Morgan fingerprint density at radius 2 is 1.41 bits per heavy atom. The SMILES string of the molecule is Nc1c(NCc2ccc(F)cc2)ncnc1N1CCN(c2ccc(F)cc2)CC1. The molecule has 2 aromatic carbocycles. The molecule has 1 saturated heterocycles. The predicted molar refractivity (Wildman–Crippen MR) is 111 cm³/mol. The molecule has 3 N–H and O–H groups in total. The highest BCUT2D eigenvalue weighted by Gasteiger charge is 2.21. The van der Waals surface area contributed by atoms with Gasteiger partial charge in [-0.25, -0.2) is 18.7 Å². The van der Waals surface area contributed by atoms with E-state index < -0.39 is 0 Å². The fourth-order valence-corrected chi connectivity index (χ4v) is 3.40. The van der Waals surface area contributed by atoms with Crippen LogP contribution in [-0.4, -0.2) is 36.1 Å². The van der Waals surface area contributed by atoms with Crippen molar-refractivity contribution in [1.29, 1.82) is 0 Å². The van der Waals surface area contributed by atoms with E-state index in [9.17, 15) is 8.78 Å². The van der Waals surface area contributed by atoms with E-state index in [1.165, 1.54) is 30.6 Å². The molecule has 1 aliphatic rings. The molecule has 0 unspecified atom stereocenters. The summed E-state index contributed by atoms with van der Waals surface area (Å²) in [6, 6.07) is 12.8. The largest absolute Gasteiger partial charge is 0.393 e. The van der Waals surface area contributed by atoms with Gasteiger partial charge < -0.3 is 20.9 Å². The molecule has 8 heteroatoms. The Kier molecular flexibility index (Phi) is 5.41. The number of hydrogen-bond donors (Lipinski definition) is 2. The number of nitrogens with two attached hydrogens (primary N) is 1. The summed E-state index contributed by atoms with van der Waals surface area (Å²) in [5.74, 6) is 0.750. The Morgan fingerprint density at radius 1 is 0.828 bits per heavy atom. The Balaban J connectivity index is 1.41.